The van der Waals surface area contributed by atoms with Crippen LogP contribution in [0, 0.1) is 11.3 Å². The Labute approximate surface area is 121 Å². The van der Waals surface area contributed by atoms with Crippen molar-refractivity contribution in [3.05, 3.63) is 70.5 Å². The van der Waals surface area contributed by atoms with Crippen LogP contribution in [0.15, 0.2) is 48.5 Å². The highest BCUT2D eigenvalue weighted by Gasteiger charge is 2.09. The number of aromatic nitrogens is 2. The fraction of sp³-hybridized carbons (Fsp3) is 0.0625. The minimum atomic E-state index is 0.351. The van der Waals surface area contributed by atoms with Gasteiger partial charge in [-0.1, -0.05) is 41.9 Å². The van der Waals surface area contributed by atoms with Crippen molar-refractivity contribution in [2.75, 3.05) is 0 Å². The van der Waals surface area contributed by atoms with Crippen molar-refractivity contribution < 1.29 is 0 Å². The van der Waals surface area contributed by atoms with Gasteiger partial charge >= 0.3 is 0 Å². The van der Waals surface area contributed by atoms with E-state index in [0.29, 0.717) is 28.3 Å². The molecule has 96 valence electrons. The molecule has 0 amide bonds. The van der Waals surface area contributed by atoms with Crippen LogP contribution in [-0.2, 0) is 6.42 Å². The Hall–Kier alpha value is -2.44. The van der Waals surface area contributed by atoms with E-state index in [2.05, 4.69) is 16.0 Å². The lowest BCUT2D eigenvalue weighted by Gasteiger charge is -2.05. The van der Waals surface area contributed by atoms with Crippen molar-refractivity contribution in [2.45, 2.75) is 6.42 Å². The van der Waals surface area contributed by atoms with E-state index >= 15 is 0 Å². The van der Waals surface area contributed by atoms with Gasteiger partial charge in [0.05, 0.1) is 16.7 Å². The highest BCUT2D eigenvalue weighted by molar-refractivity contribution is 6.31. The molecule has 0 aliphatic carbocycles. The van der Waals surface area contributed by atoms with Gasteiger partial charge in [0.1, 0.15) is 6.07 Å². The predicted molar refractivity (Wildman–Crippen MR) is 78.5 cm³/mol. The van der Waals surface area contributed by atoms with Gasteiger partial charge in [0, 0.05) is 11.4 Å². The summed E-state index contributed by atoms with van der Waals surface area (Å²) in [5.41, 5.74) is 3.54. The molecule has 0 fully saturated rings. The third-order valence-electron chi connectivity index (χ3n) is 3.02. The molecule has 0 saturated carbocycles. The first-order valence-corrected chi connectivity index (χ1v) is 6.54. The van der Waals surface area contributed by atoms with Gasteiger partial charge in [-0.05, 0) is 23.8 Å². The number of hydrogen-bond donors (Lipinski definition) is 0. The maximum absolute atomic E-state index is 9.24. The number of nitrogens with zero attached hydrogens (tertiary/aromatic N) is 3. The Bertz CT molecular complexity index is 807. The lowest BCUT2D eigenvalue weighted by atomic mass is 10.1. The highest BCUT2D eigenvalue weighted by Crippen LogP contribution is 2.19. The molecule has 1 heterocycles. The maximum atomic E-state index is 9.24. The average Bonchev–Trinajstić information content (AvgIpc) is 2.48. The van der Waals surface area contributed by atoms with Crippen LogP contribution in [0.25, 0.3) is 11.0 Å². The van der Waals surface area contributed by atoms with E-state index in [9.17, 15) is 5.26 Å². The second kappa shape index (κ2) is 5.28. The van der Waals surface area contributed by atoms with Crippen molar-refractivity contribution in [1.82, 2.24) is 9.97 Å². The largest absolute Gasteiger partial charge is 0.248 e. The minimum absolute atomic E-state index is 0.351. The number of benzene rings is 2. The van der Waals surface area contributed by atoms with Crippen LogP contribution in [0.1, 0.15) is 17.0 Å². The molecule has 2 aromatic carbocycles. The fourth-order valence-corrected chi connectivity index (χ4v) is 2.23. The second-order valence-corrected chi connectivity index (χ2v) is 4.86. The van der Waals surface area contributed by atoms with Gasteiger partial charge in [0.25, 0.3) is 0 Å². The second-order valence-electron chi connectivity index (χ2n) is 4.43. The van der Waals surface area contributed by atoms with Gasteiger partial charge in [-0.3, -0.25) is 0 Å². The Kier molecular flexibility index (Phi) is 3.32. The van der Waals surface area contributed by atoms with Crippen molar-refractivity contribution in [3.8, 4) is 6.07 Å². The Morgan fingerprint density at radius 2 is 1.80 bits per heavy atom. The number of hydrogen-bond acceptors (Lipinski definition) is 3. The molecule has 3 nitrogen and oxygen atoms in total. The van der Waals surface area contributed by atoms with Crippen molar-refractivity contribution >= 4 is 22.6 Å². The highest BCUT2D eigenvalue weighted by atomic mass is 35.5. The van der Waals surface area contributed by atoms with Gasteiger partial charge in [0.15, 0.2) is 5.69 Å². The van der Waals surface area contributed by atoms with E-state index in [1.165, 1.54) is 0 Å². The molecular formula is C16H10ClN3. The first-order valence-electron chi connectivity index (χ1n) is 6.16. The maximum Gasteiger partial charge on any atom is 0.163 e. The van der Waals surface area contributed by atoms with Crippen LogP contribution in [0.3, 0.4) is 0 Å². The Morgan fingerprint density at radius 1 is 1.00 bits per heavy atom. The summed E-state index contributed by atoms with van der Waals surface area (Å²) in [4.78, 5) is 8.88. The average molecular weight is 280 g/mol. The summed E-state index contributed by atoms with van der Waals surface area (Å²) in [6.45, 7) is 0. The molecule has 0 saturated heterocycles. The molecule has 3 aromatic rings. The summed E-state index contributed by atoms with van der Waals surface area (Å²) in [5.74, 6) is 0. The minimum Gasteiger partial charge on any atom is -0.248 e. The molecule has 0 aliphatic heterocycles. The summed E-state index contributed by atoms with van der Waals surface area (Å²) in [5, 5.41) is 9.83. The summed E-state index contributed by atoms with van der Waals surface area (Å²) >= 11 is 5.93. The summed E-state index contributed by atoms with van der Waals surface area (Å²) in [6.07, 6.45) is 0.593. The lowest BCUT2D eigenvalue weighted by molar-refractivity contribution is 1.05. The molecule has 0 aliphatic rings. The van der Waals surface area contributed by atoms with Crippen LogP contribution < -0.4 is 0 Å². The molecule has 0 bridgehead atoms. The van der Waals surface area contributed by atoms with Gasteiger partial charge in [0.2, 0.25) is 0 Å². The zero-order valence-electron chi connectivity index (χ0n) is 10.5. The SMILES string of the molecule is N#Cc1nc2cc(Cl)ccc2nc1Cc1ccccc1. The normalized spacial score (nSPS) is 10.4. The first-order chi connectivity index (χ1) is 9.76. The Morgan fingerprint density at radius 3 is 2.55 bits per heavy atom. The zero-order valence-corrected chi connectivity index (χ0v) is 11.3. The zero-order chi connectivity index (χ0) is 13.9. The van der Waals surface area contributed by atoms with Crippen LogP contribution in [0.5, 0.6) is 0 Å². The van der Waals surface area contributed by atoms with Gasteiger partial charge in [-0.2, -0.15) is 5.26 Å². The number of nitriles is 1. The molecule has 20 heavy (non-hydrogen) atoms. The standard InChI is InChI=1S/C16H10ClN3/c17-12-6-7-13-15(9-12)20-16(10-18)14(19-13)8-11-4-2-1-3-5-11/h1-7,9H,8H2. The van der Waals surface area contributed by atoms with Gasteiger partial charge in [-0.25, -0.2) is 9.97 Å². The van der Waals surface area contributed by atoms with E-state index < -0.39 is 0 Å². The van der Waals surface area contributed by atoms with Crippen LogP contribution in [0.4, 0.5) is 0 Å². The summed E-state index contributed by atoms with van der Waals surface area (Å²) in [6, 6.07) is 17.3. The van der Waals surface area contributed by atoms with Crippen LogP contribution >= 0.6 is 11.6 Å². The van der Waals surface area contributed by atoms with Gasteiger partial charge in [-0.15, -0.1) is 0 Å². The first kappa shape index (κ1) is 12.6. The molecule has 0 radical (unpaired) electrons. The molecular weight excluding hydrogens is 270 g/mol. The fourth-order valence-electron chi connectivity index (χ4n) is 2.07. The van der Waals surface area contributed by atoms with E-state index in [1.807, 2.05) is 36.4 Å². The van der Waals surface area contributed by atoms with E-state index in [0.717, 1.165) is 11.1 Å². The molecule has 1 aromatic heterocycles. The lowest BCUT2D eigenvalue weighted by Crippen LogP contribution is -2.00. The summed E-state index contributed by atoms with van der Waals surface area (Å²) in [7, 11) is 0. The van der Waals surface area contributed by atoms with E-state index in [-0.39, 0.29) is 0 Å². The quantitative estimate of drug-likeness (QED) is 0.718. The Balaban J connectivity index is 2.10. The number of rotatable bonds is 2. The molecule has 0 N–H and O–H groups in total. The molecule has 0 spiro atoms. The topological polar surface area (TPSA) is 49.6 Å². The van der Waals surface area contributed by atoms with Gasteiger partial charge < -0.3 is 0 Å². The monoisotopic (exact) mass is 279 g/mol. The van der Waals surface area contributed by atoms with Crippen molar-refractivity contribution in [1.29, 1.82) is 5.26 Å². The molecule has 0 unspecified atom stereocenters. The third kappa shape index (κ3) is 2.47. The predicted octanol–water partition coefficient (Wildman–Crippen LogP) is 3.75. The third-order valence-corrected chi connectivity index (χ3v) is 3.25. The van der Waals surface area contributed by atoms with Crippen LogP contribution in [0.2, 0.25) is 5.02 Å². The molecule has 0 atom stereocenters. The van der Waals surface area contributed by atoms with Crippen LogP contribution in [-0.4, -0.2) is 9.97 Å². The molecule has 4 heteroatoms. The smallest absolute Gasteiger partial charge is 0.163 e. The number of fused-ring (bicyclic) bond motifs is 1. The van der Waals surface area contributed by atoms with Crippen molar-refractivity contribution in [3.63, 3.8) is 0 Å². The van der Waals surface area contributed by atoms with Crippen molar-refractivity contribution in [2.24, 2.45) is 0 Å². The van der Waals surface area contributed by atoms with E-state index in [4.69, 9.17) is 11.6 Å². The number of halogens is 1. The summed E-state index contributed by atoms with van der Waals surface area (Å²) < 4.78 is 0. The molecule has 3 rings (SSSR count). The van der Waals surface area contributed by atoms with E-state index in [1.54, 1.807) is 12.1 Å².